The number of aromatic nitrogens is 2. The average Bonchev–Trinajstić information content (AvgIpc) is 2.60. The predicted molar refractivity (Wildman–Crippen MR) is 89.6 cm³/mol. The summed E-state index contributed by atoms with van der Waals surface area (Å²) in [5, 5.41) is 20.3. The molecule has 0 fully saturated rings. The third-order valence-electron chi connectivity index (χ3n) is 3.72. The predicted octanol–water partition coefficient (Wildman–Crippen LogP) is 3.19. The maximum Gasteiger partial charge on any atom is 0.166 e. The van der Waals surface area contributed by atoms with Crippen LogP contribution in [0.15, 0.2) is 36.5 Å². The zero-order valence-electron chi connectivity index (χ0n) is 13.5. The quantitative estimate of drug-likeness (QED) is 0.749. The van der Waals surface area contributed by atoms with Gasteiger partial charge >= 0.3 is 0 Å². The maximum absolute atomic E-state index is 9.87. The van der Waals surface area contributed by atoms with Gasteiger partial charge in [-0.25, -0.2) is 9.97 Å². The van der Waals surface area contributed by atoms with Gasteiger partial charge in [0.05, 0.1) is 12.6 Å². The van der Waals surface area contributed by atoms with Crippen LogP contribution in [0.4, 0.5) is 0 Å². The monoisotopic (exact) mass is 326 g/mol. The van der Waals surface area contributed by atoms with Crippen molar-refractivity contribution in [1.82, 2.24) is 9.97 Å². The summed E-state index contributed by atoms with van der Waals surface area (Å²) in [6.45, 7) is 2.16. The molecule has 0 aliphatic rings. The van der Waals surface area contributed by atoms with E-state index in [0.29, 0.717) is 28.2 Å². The molecule has 1 heterocycles. The van der Waals surface area contributed by atoms with Crippen molar-refractivity contribution < 1.29 is 19.7 Å². The van der Waals surface area contributed by atoms with Crippen molar-refractivity contribution in [3.63, 3.8) is 0 Å². The number of aromatic hydroxyl groups is 2. The van der Waals surface area contributed by atoms with E-state index < -0.39 is 0 Å². The van der Waals surface area contributed by atoms with Crippen LogP contribution in [0, 0.1) is 0 Å². The van der Waals surface area contributed by atoms with Gasteiger partial charge in [0.2, 0.25) is 0 Å². The molecule has 124 valence electrons. The van der Waals surface area contributed by atoms with Crippen LogP contribution in [-0.2, 0) is 13.0 Å². The van der Waals surface area contributed by atoms with E-state index in [9.17, 15) is 10.2 Å². The number of hydrogen-bond donors (Lipinski definition) is 2. The van der Waals surface area contributed by atoms with Gasteiger partial charge in [-0.2, -0.15) is 0 Å². The molecule has 0 spiro atoms. The van der Waals surface area contributed by atoms with E-state index in [1.807, 2.05) is 13.0 Å². The van der Waals surface area contributed by atoms with Crippen LogP contribution < -0.4 is 9.47 Å². The molecule has 0 bridgehead atoms. The van der Waals surface area contributed by atoms with Gasteiger partial charge < -0.3 is 19.7 Å². The highest BCUT2D eigenvalue weighted by Crippen LogP contribution is 2.30. The van der Waals surface area contributed by atoms with Gasteiger partial charge in [0.15, 0.2) is 28.8 Å². The van der Waals surface area contributed by atoms with E-state index in [4.69, 9.17) is 9.47 Å². The van der Waals surface area contributed by atoms with Gasteiger partial charge in [0.25, 0.3) is 0 Å². The van der Waals surface area contributed by atoms with E-state index in [1.165, 1.54) is 7.11 Å². The van der Waals surface area contributed by atoms with E-state index in [0.717, 1.165) is 12.0 Å². The van der Waals surface area contributed by atoms with Crippen molar-refractivity contribution in [2.45, 2.75) is 20.0 Å². The van der Waals surface area contributed by atoms with Gasteiger partial charge in [-0.05, 0) is 30.2 Å². The average molecular weight is 326 g/mol. The van der Waals surface area contributed by atoms with Crippen molar-refractivity contribution in [3.8, 4) is 23.0 Å². The molecular formula is C18H18N2O4. The molecule has 6 heteroatoms. The lowest BCUT2D eigenvalue weighted by Crippen LogP contribution is -2.02. The summed E-state index contributed by atoms with van der Waals surface area (Å²) in [5.74, 6) is 1.35. The molecular weight excluding hydrogens is 308 g/mol. The Morgan fingerprint density at radius 3 is 2.62 bits per heavy atom. The Labute approximate surface area is 139 Å². The fourth-order valence-electron chi connectivity index (χ4n) is 2.36. The van der Waals surface area contributed by atoms with Gasteiger partial charge in [-0.15, -0.1) is 0 Å². The van der Waals surface area contributed by atoms with Gasteiger partial charge in [-0.3, -0.25) is 0 Å². The van der Waals surface area contributed by atoms with Crippen LogP contribution in [0.5, 0.6) is 23.0 Å². The third kappa shape index (κ3) is 3.17. The van der Waals surface area contributed by atoms with Crippen molar-refractivity contribution in [3.05, 3.63) is 47.9 Å². The number of hydrogen-bond acceptors (Lipinski definition) is 6. The van der Waals surface area contributed by atoms with Crippen LogP contribution in [0.1, 0.15) is 18.3 Å². The molecule has 0 unspecified atom stereocenters. The summed E-state index contributed by atoms with van der Waals surface area (Å²) in [6.07, 6.45) is 2.47. The molecule has 6 nitrogen and oxygen atoms in total. The first-order valence-electron chi connectivity index (χ1n) is 7.58. The normalized spacial score (nSPS) is 10.8. The molecule has 24 heavy (non-hydrogen) atoms. The minimum Gasteiger partial charge on any atom is -0.504 e. The van der Waals surface area contributed by atoms with Gasteiger partial charge in [0, 0.05) is 17.6 Å². The fraction of sp³-hybridized carbons (Fsp3) is 0.222. The van der Waals surface area contributed by atoms with Crippen LogP contribution in [-0.4, -0.2) is 27.3 Å². The number of phenolic OH excluding ortho intramolecular Hbond substituents is 2. The van der Waals surface area contributed by atoms with Gasteiger partial charge in [-0.1, -0.05) is 13.0 Å². The lowest BCUT2D eigenvalue weighted by atomic mass is 10.1. The Hall–Kier alpha value is -3.02. The Balaban J connectivity index is 1.84. The standard InChI is InChI=1S/C18H18N2O4/c1-3-11-4-5-14(21)17(6-11)24-10-18-19-9-12-7-15(22)16(23-2)8-13(12)20-18/h4-9,21-22H,3,10H2,1-2H3. The second kappa shape index (κ2) is 6.62. The second-order valence-corrected chi connectivity index (χ2v) is 5.31. The lowest BCUT2D eigenvalue weighted by molar-refractivity contribution is 0.280. The number of ether oxygens (including phenoxy) is 2. The van der Waals surface area contributed by atoms with E-state index in [-0.39, 0.29) is 18.1 Å². The van der Waals surface area contributed by atoms with Crippen molar-refractivity contribution in [2.24, 2.45) is 0 Å². The fourth-order valence-corrected chi connectivity index (χ4v) is 2.36. The Morgan fingerprint density at radius 1 is 1.04 bits per heavy atom. The molecule has 3 aromatic rings. The van der Waals surface area contributed by atoms with E-state index in [2.05, 4.69) is 9.97 Å². The molecule has 0 amide bonds. The zero-order valence-corrected chi connectivity index (χ0v) is 13.5. The SMILES string of the molecule is CCc1ccc(O)c(OCc2ncc3cc(O)c(OC)cc3n2)c1. The molecule has 3 rings (SSSR count). The van der Waals surface area contributed by atoms with E-state index in [1.54, 1.807) is 30.5 Å². The molecule has 0 aliphatic heterocycles. The minimum atomic E-state index is 0.0407. The highest BCUT2D eigenvalue weighted by molar-refractivity contribution is 5.81. The first kappa shape index (κ1) is 15.9. The Kier molecular flexibility index (Phi) is 4.37. The molecule has 0 radical (unpaired) electrons. The zero-order chi connectivity index (χ0) is 17.1. The first-order valence-corrected chi connectivity index (χ1v) is 7.58. The Bertz CT molecular complexity index is 880. The molecule has 0 saturated carbocycles. The molecule has 0 saturated heterocycles. The largest absolute Gasteiger partial charge is 0.504 e. The minimum absolute atomic E-state index is 0.0407. The molecule has 2 aromatic carbocycles. The van der Waals surface area contributed by atoms with Gasteiger partial charge in [0.1, 0.15) is 6.61 Å². The number of fused-ring (bicyclic) bond motifs is 1. The Morgan fingerprint density at radius 2 is 1.88 bits per heavy atom. The number of rotatable bonds is 5. The van der Waals surface area contributed by atoms with Crippen LogP contribution in [0.3, 0.4) is 0 Å². The first-order chi connectivity index (χ1) is 11.6. The highest BCUT2D eigenvalue weighted by atomic mass is 16.5. The van der Waals surface area contributed by atoms with Crippen LogP contribution >= 0.6 is 0 Å². The number of aryl methyl sites for hydroxylation is 1. The van der Waals surface area contributed by atoms with E-state index >= 15 is 0 Å². The van der Waals surface area contributed by atoms with Crippen molar-refractivity contribution in [2.75, 3.05) is 7.11 Å². The summed E-state index contributed by atoms with van der Waals surface area (Å²) in [5.41, 5.74) is 1.72. The smallest absolute Gasteiger partial charge is 0.166 e. The van der Waals surface area contributed by atoms with Crippen LogP contribution in [0.25, 0.3) is 10.9 Å². The summed E-state index contributed by atoms with van der Waals surface area (Å²) < 4.78 is 10.7. The van der Waals surface area contributed by atoms with Crippen molar-refractivity contribution >= 4 is 10.9 Å². The molecule has 1 aromatic heterocycles. The topological polar surface area (TPSA) is 84.7 Å². The maximum atomic E-state index is 9.87. The summed E-state index contributed by atoms with van der Waals surface area (Å²) in [6, 6.07) is 8.47. The summed E-state index contributed by atoms with van der Waals surface area (Å²) in [4.78, 5) is 8.62. The van der Waals surface area contributed by atoms with Crippen molar-refractivity contribution in [1.29, 1.82) is 0 Å². The van der Waals surface area contributed by atoms with Crippen LogP contribution in [0.2, 0.25) is 0 Å². The molecule has 2 N–H and O–H groups in total. The molecule has 0 aliphatic carbocycles. The number of methoxy groups -OCH3 is 1. The number of nitrogens with zero attached hydrogens (tertiary/aromatic N) is 2. The lowest BCUT2D eigenvalue weighted by Gasteiger charge is -2.10. The summed E-state index contributed by atoms with van der Waals surface area (Å²) >= 11 is 0. The molecule has 0 atom stereocenters. The number of benzene rings is 2. The summed E-state index contributed by atoms with van der Waals surface area (Å²) in [7, 11) is 1.48. The second-order valence-electron chi connectivity index (χ2n) is 5.31. The highest BCUT2D eigenvalue weighted by Gasteiger charge is 2.09. The third-order valence-corrected chi connectivity index (χ3v) is 3.72. The number of phenols is 2.